The number of hydrogen-bond acceptors (Lipinski definition) is 7. The molecule has 2 aromatic carbocycles. The molecule has 3 aromatic rings. The van der Waals surface area contributed by atoms with E-state index in [1.807, 2.05) is 31.2 Å². The molecule has 0 aliphatic heterocycles. The van der Waals surface area contributed by atoms with E-state index in [4.69, 9.17) is 4.74 Å². The van der Waals surface area contributed by atoms with Crippen molar-refractivity contribution in [2.24, 2.45) is 0 Å². The van der Waals surface area contributed by atoms with Crippen LogP contribution in [0.4, 0.5) is 5.13 Å². The number of nitrogens with one attached hydrogen (secondary N) is 1. The smallest absolute Gasteiger partial charge is 0.226 e. The lowest BCUT2D eigenvalue weighted by Gasteiger charge is -2.07. The average Bonchev–Trinajstić information content (AvgIpc) is 3.18. The molecular formula is C21H23N3O4S2. The highest BCUT2D eigenvalue weighted by atomic mass is 32.2. The van der Waals surface area contributed by atoms with Crippen LogP contribution in [0.3, 0.4) is 0 Å². The molecule has 0 spiro atoms. The molecule has 7 nitrogen and oxygen atoms in total. The number of hydrogen-bond donors (Lipinski definition) is 1. The fourth-order valence-electron chi connectivity index (χ4n) is 2.83. The number of anilines is 1. The molecule has 9 heteroatoms. The highest BCUT2D eigenvalue weighted by Crippen LogP contribution is 2.21. The normalized spacial score (nSPS) is 11.3. The lowest BCUT2D eigenvalue weighted by atomic mass is 10.1. The van der Waals surface area contributed by atoms with Crippen LogP contribution in [-0.2, 0) is 27.5 Å². The summed E-state index contributed by atoms with van der Waals surface area (Å²) in [5.41, 5.74) is 1.96. The Balaban J connectivity index is 1.52. The fraction of sp³-hybridized carbons (Fsp3) is 0.286. The van der Waals surface area contributed by atoms with Gasteiger partial charge in [-0.15, -0.1) is 10.2 Å². The Morgan fingerprint density at radius 1 is 1.07 bits per heavy atom. The van der Waals surface area contributed by atoms with Crippen LogP contribution in [0.1, 0.15) is 22.6 Å². The molecule has 1 aromatic heterocycles. The Morgan fingerprint density at radius 3 is 2.53 bits per heavy atom. The molecule has 30 heavy (non-hydrogen) atoms. The number of aryl methyl sites for hydroxylation is 3. The molecule has 0 radical (unpaired) electrons. The van der Waals surface area contributed by atoms with Crippen molar-refractivity contribution in [2.45, 2.75) is 31.1 Å². The van der Waals surface area contributed by atoms with E-state index in [-0.39, 0.29) is 24.5 Å². The second kappa shape index (κ2) is 9.82. The second-order valence-corrected chi connectivity index (χ2v) is 9.91. The van der Waals surface area contributed by atoms with Crippen LogP contribution in [0.15, 0.2) is 53.4 Å². The van der Waals surface area contributed by atoms with Gasteiger partial charge in [-0.1, -0.05) is 47.2 Å². The Kier molecular flexibility index (Phi) is 7.17. The molecule has 158 valence electrons. The number of carbonyl (C=O) groups excluding carboxylic acids is 1. The van der Waals surface area contributed by atoms with Crippen LogP contribution >= 0.6 is 11.3 Å². The van der Waals surface area contributed by atoms with Crippen molar-refractivity contribution in [1.82, 2.24) is 10.2 Å². The van der Waals surface area contributed by atoms with Crippen molar-refractivity contribution in [2.75, 3.05) is 18.2 Å². The summed E-state index contributed by atoms with van der Waals surface area (Å²) in [5.74, 6) is 0.501. The van der Waals surface area contributed by atoms with Gasteiger partial charge in [-0.2, -0.15) is 0 Å². The van der Waals surface area contributed by atoms with Gasteiger partial charge < -0.3 is 10.1 Å². The van der Waals surface area contributed by atoms with E-state index in [9.17, 15) is 13.2 Å². The summed E-state index contributed by atoms with van der Waals surface area (Å²) >= 11 is 1.19. The number of nitrogens with zero attached hydrogens (tertiary/aromatic N) is 2. The van der Waals surface area contributed by atoms with E-state index in [1.54, 1.807) is 31.4 Å². The van der Waals surface area contributed by atoms with E-state index < -0.39 is 9.84 Å². The number of aromatic nitrogens is 2. The standard InChI is InChI=1S/C21H23N3O4S2/c1-15-7-10-17(11-8-15)30(26,27)14-13-20-23-24-21(29-20)22-19(25)12-9-16-5-3-4-6-18(16)28-2/h3-8,10-11H,9,12-14H2,1-2H3,(H,22,24,25). The van der Waals surface area contributed by atoms with Gasteiger partial charge in [0.2, 0.25) is 11.0 Å². The minimum absolute atomic E-state index is 0.0631. The van der Waals surface area contributed by atoms with E-state index in [2.05, 4.69) is 15.5 Å². The first kappa shape index (κ1) is 21.9. The zero-order valence-electron chi connectivity index (χ0n) is 16.8. The van der Waals surface area contributed by atoms with Crippen LogP contribution in [0, 0.1) is 6.92 Å². The quantitative estimate of drug-likeness (QED) is 0.542. The van der Waals surface area contributed by atoms with Crippen LogP contribution in [0.5, 0.6) is 5.75 Å². The van der Waals surface area contributed by atoms with E-state index in [1.165, 1.54) is 11.3 Å². The Labute approximate surface area is 180 Å². The Hall–Kier alpha value is -2.78. The lowest BCUT2D eigenvalue weighted by Crippen LogP contribution is -2.12. The maximum absolute atomic E-state index is 12.5. The number of benzene rings is 2. The van der Waals surface area contributed by atoms with E-state index >= 15 is 0 Å². The number of para-hydroxylation sites is 1. The maximum Gasteiger partial charge on any atom is 0.226 e. The molecule has 1 heterocycles. The van der Waals surface area contributed by atoms with Gasteiger partial charge in [-0.25, -0.2) is 8.42 Å². The Bertz CT molecular complexity index is 1110. The average molecular weight is 446 g/mol. The minimum atomic E-state index is -3.40. The summed E-state index contributed by atoms with van der Waals surface area (Å²) in [6.07, 6.45) is 1.05. The first-order valence-corrected chi connectivity index (χ1v) is 11.9. The highest BCUT2D eigenvalue weighted by molar-refractivity contribution is 7.91. The SMILES string of the molecule is COc1ccccc1CCC(=O)Nc1nnc(CCS(=O)(=O)c2ccc(C)cc2)s1. The van der Waals surface area contributed by atoms with Gasteiger partial charge in [0, 0.05) is 12.8 Å². The number of methoxy groups -OCH3 is 1. The number of sulfone groups is 1. The third-order valence-electron chi connectivity index (χ3n) is 4.49. The van der Waals surface area contributed by atoms with Crippen LogP contribution < -0.4 is 10.1 Å². The molecule has 0 aliphatic carbocycles. The molecule has 0 bridgehead atoms. The molecule has 1 amide bonds. The van der Waals surface area contributed by atoms with Crippen LogP contribution in [0.25, 0.3) is 0 Å². The third kappa shape index (κ3) is 5.87. The summed E-state index contributed by atoms with van der Waals surface area (Å²) in [7, 11) is -1.80. The van der Waals surface area contributed by atoms with E-state index in [0.29, 0.717) is 21.5 Å². The van der Waals surface area contributed by atoms with Gasteiger partial charge in [0.1, 0.15) is 10.8 Å². The van der Waals surface area contributed by atoms with Crippen molar-refractivity contribution in [3.8, 4) is 5.75 Å². The predicted molar refractivity (Wildman–Crippen MR) is 117 cm³/mol. The van der Waals surface area contributed by atoms with Crippen LogP contribution in [0.2, 0.25) is 0 Å². The van der Waals surface area contributed by atoms with Crippen LogP contribution in [-0.4, -0.2) is 37.4 Å². The van der Waals surface area contributed by atoms with Crippen molar-refractivity contribution in [3.63, 3.8) is 0 Å². The first-order valence-electron chi connectivity index (χ1n) is 9.41. The maximum atomic E-state index is 12.5. The van der Waals surface area contributed by atoms with Gasteiger partial charge in [0.25, 0.3) is 0 Å². The van der Waals surface area contributed by atoms with Gasteiger partial charge >= 0.3 is 0 Å². The lowest BCUT2D eigenvalue weighted by molar-refractivity contribution is -0.116. The topological polar surface area (TPSA) is 98.2 Å². The van der Waals surface area contributed by atoms with Crippen molar-refractivity contribution >= 4 is 32.2 Å². The summed E-state index contributed by atoms with van der Waals surface area (Å²) in [6, 6.07) is 14.3. The Morgan fingerprint density at radius 2 is 1.80 bits per heavy atom. The van der Waals surface area contributed by atoms with Crippen molar-refractivity contribution in [1.29, 1.82) is 0 Å². The summed E-state index contributed by atoms with van der Waals surface area (Å²) in [4.78, 5) is 12.5. The fourth-order valence-corrected chi connectivity index (χ4v) is 4.96. The van der Waals surface area contributed by atoms with Gasteiger partial charge in [-0.3, -0.25) is 4.79 Å². The van der Waals surface area contributed by atoms with E-state index in [0.717, 1.165) is 16.9 Å². The summed E-state index contributed by atoms with van der Waals surface area (Å²) in [6.45, 7) is 1.91. The molecular weight excluding hydrogens is 422 g/mol. The van der Waals surface area contributed by atoms with Gasteiger partial charge in [0.05, 0.1) is 17.8 Å². The molecule has 0 fully saturated rings. The molecule has 1 N–H and O–H groups in total. The third-order valence-corrected chi connectivity index (χ3v) is 7.12. The highest BCUT2D eigenvalue weighted by Gasteiger charge is 2.16. The molecule has 0 aliphatic rings. The van der Waals surface area contributed by atoms with Crippen molar-refractivity contribution in [3.05, 3.63) is 64.7 Å². The largest absolute Gasteiger partial charge is 0.496 e. The summed E-state index contributed by atoms with van der Waals surface area (Å²) in [5, 5.41) is 11.6. The zero-order chi connectivity index (χ0) is 21.6. The zero-order valence-corrected chi connectivity index (χ0v) is 18.4. The predicted octanol–water partition coefficient (Wildman–Crippen LogP) is 3.44. The number of rotatable bonds is 9. The minimum Gasteiger partial charge on any atom is -0.496 e. The number of ether oxygens (including phenoxy) is 1. The number of carbonyl (C=O) groups is 1. The molecule has 0 unspecified atom stereocenters. The molecule has 0 atom stereocenters. The van der Waals surface area contributed by atoms with Crippen molar-refractivity contribution < 1.29 is 17.9 Å². The van der Waals surface area contributed by atoms with Gasteiger partial charge in [-0.05, 0) is 37.1 Å². The first-order chi connectivity index (χ1) is 14.4. The molecule has 0 saturated heterocycles. The summed E-state index contributed by atoms with van der Waals surface area (Å²) < 4.78 is 30.2. The molecule has 3 rings (SSSR count). The molecule has 0 saturated carbocycles. The monoisotopic (exact) mass is 445 g/mol. The van der Waals surface area contributed by atoms with Gasteiger partial charge in [0.15, 0.2) is 9.84 Å². The number of amides is 1. The second-order valence-electron chi connectivity index (χ2n) is 6.74.